The molecule has 0 spiro atoms. The third kappa shape index (κ3) is 4.37. The van der Waals surface area contributed by atoms with Gasteiger partial charge in [-0.3, -0.25) is 9.59 Å². The highest BCUT2D eigenvalue weighted by molar-refractivity contribution is 9.12. The van der Waals surface area contributed by atoms with E-state index >= 15 is 0 Å². The standard InChI is InChI=1S/C11H14Br2N2O2S/c1-3-4-14-10(16)6(2)15-11(17)7-5-8(12)18-9(7)13/h5-6H,3-4H2,1-2H3,(H,14,16)(H,15,17). The van der Waals surface area contributed by atoms with Crippen LogP contribution in [-0.4, -0.2) is 24.4 Å². The Balaban J connectivity index is 2.59. The van der Waals surface area contributed by atoms with Crippen molar-refractivity contribution in [1.29, 1.82) is 0 Å². The van der Waals surface area contributed by atoms with E-state index in [-0.39, 0.29) is 11.8 Å². The lowest BCUT2D eigenvalue weighted by Gasteiger charge is -2.13. The van der Waals surface area contributed by atoms with E-state index in [1.54, 1.807) is 13.0 Å². The van der Waals surface area contributed by atoms with E-state index in [4.69, 9.17) is 0 Å². The molecule has 2 N–H and O–H groups in total. The fourth-order valence-corrected chi connectivity index (χ4v) is 4.03. The van der Waals surface area contributed by atoms with E-state index in [0.29, 0.717) is 12.1 Å². The maximum Gasteiger partial charge on any atom is 0.253 e. The summed E-state index contributed by atoms with van der Waals surface area (Å²) in [5, 5.41) is 5.40. The third-order valence-corrected chi connectivity index (χ3v) is 4.53. The van der Waals surface area contributed by atoms with Crippen LogP contribution in [0.25, 0.3) is 0 Å². The summed E-state index contributed by atoms with van der Waals surface area (Å²) in [4.78, 5) is 23.5. The van der Waals surface area contributed by atoms with Gasteiger partial charge in [-0.1, -0.05) is 6.92 Å². The molecule has 0 saturated heterocycles. The highest BCUT2D eigenvalue weighted by atomic mass is 79.9. The molecule has 4 nitrogen and oxygen atoms in total. The molecule has 0 fully saturated rings. The minimum absolute atomic E-state index is 0.171. The molecule has 0 bridgehead atoms. The molecule has 2 amide bonds. The minimum Gasteiger partial charge on any atom is -0.354 e. The van der Waals surface area contributed by atoms with Gasteiger partial charge in [-0.05, 0) is 51.3 Å². The Labute approximate surface area is 127 Å². The van der Waals surface area contributed by atoms with Crippen LogP contribution in [0.1, 0.15) is 30.6 Å². The molecule has 0 aromatic carbocycles. The highest BCUT2D eigenvalue weighted by Crippen LogP contribution is 2.31. The number of carbonyl (C=O) groups is 2. The van der Waals surface area contributed by atoms with Crippen LogP contribution in [0.2, 0.25) is 0 Å². The SMILES string of the molecule is CCCNC(=O)C(C)NC(=O)c1cc(Br)sc1Br. The lowest BCUT2D eigenvalue weighted by molar-refractivity contribution is -0.122. The van der Waals surface area contributed by atoms with Crippen molar-refractivity contribution in [3.05, 3.63) is 19.2 Å². The molecule has 0 aliphatic heterocycles. The van der Waals surface area contributed by atoms with E-state index < -0.39 is 6.04 Å². The third-order valence-electron chi connectivity index (χ3n) is 2.19. The summed E-state index contributed by atoms with van der Waals surface area (Å²) in [5.41, 5.74) is 0.530. The van der Waals surface area contributed by atoms with Crippen LogP contribution in [0.5, 0.6) is 0 Å². The normalized spacial score (nSPS) is 12.0. The lowest BCUT2D eigenvalue weighted by atomic mass is 10.2. The summed E-state index contributed by atoms with van der Waals surface area (Å²) in [7, 11) is 0. The Morgan fingerprint density at radius 1 is 1.44 bits per heavy atom. The first-order chi connectivity index (χ1) is 8.45. The van der Waals surface area contributed by atoms with Crippen LogP contribution in [-0.2, 0) is 4.79 Å². The Morgan fingerprint density at radius 2 is 2.11 bits per heavy atom. The van der Waals surface area contributed by atoms with Crippen molar-refractivity contribution in [3.63, 3.8) is 0 Å². The van der Waals surface area contributed by atoms with Crippen molar-refractivity contribution in [3.8, 4) is 0 Å². The van der Waals surface area contributed by atoms with Crippen molar-refractivity contribution in [2.24, 2.45) is 0 Å². The molecule has 0 aliphatic rings. The molecule has 1 aromatic heterocycles. The molecule has 7 heteroatoms. The van der Waals surface area contributed by atoms with Gasteiger partial charge in [0.1, 0.15) is 6.04 Å². The smallest absolute Gasteiger partial charge is 0.253 e. The predicted molar refractivity (Wildman–Crippen MR) is 79.9 cm³/mol. The number of halogens is 2. The molecule has 100 valence electrons. The average molecular weight is 398 g/mol. The Bertz CT molecular complexity index is 448. The van der Waals surface area contributed by atoms with Gasteiger partial charge in [-0.2, -0.15) is 0 Å². The molecular formula is C11H14Br2N2O2S. The zero-order chi connectivity index (χ0) is 13.7. The van der Waals surface area contributed by atoms with E-state index in [0.717, 1.165) is 14.0 Å². The van der Waals surface area contributed by atoms with Crippen molar-refractivity contribution in [1.82, 2.24) is 10.6 Å². The second-order valence-corrected chi connectivity index (χ2v) is 7.47. The number of carbonyl (C=O) groups excluding carboxylic acids is 2. The zero-order valence-electron chi connectivity index (χ0n) is 10.0. The van der Waals surface area contributed by atoms with Crippen LogP contribution < -0.4 is 10.6 Å². The summed E-state index contributed by atoms with van der Waals surface area (Å²) >= 11 is 8.04. The molecule has 18 heavy (non-hydrogen) atoms. The summed E-state index contributed by atoms with van der Waals surface area (Å²) in [6.45, 7) is 4.26. The number of rotatable bonds is 5. The molecule has 1 heterocycles. The van der Waals surface area contributed by atoms with Crippen LogP contribution in [0, 0.1) is 0 Å². The van der Waals surface area contributed by atoms with Gasteiger partial charge >= 0.3 is 0 Å². The van der Waals surface area contributed by atoms with Gasteiger partial charge in [0, 0.05) is 6.54 Å². The summed E-state index contributed by atoms with van der Waals surface area (Å²) in [6.07, 6.45) is 0.870. The lowest BCUT2D eigenvalue weighted by Crippen LogP contribution is -2.44. The van der Waals surface area contributed by atoms with E-state index in [1.807, 2.05) is 6.92 Å². The molecule has 1 aromatic rings. The second-order valence-electron chi connectivity index (χ2n) is 3.72. The van der Waals surface area contributed by atoms with Crippen molar-refractivity contribution >= 4 is 55.0 Å². The molecule has 1 rings (SSSR count). The Kier molecular flexibility index (Phi) is 6.31. The van der Waals surface area contributed by atoms with Crippen LogP contribution in [0.15, 0.2) is 13.6 Å². The quantitative estimate of drug-likeness (QED) is 0.802. The molecule has 1 atom stereocenters. The van der Waals surface area contributed by atoms with E-state index in [1.165, 1.54) is 11.3 Å². The maximum atomic E-state index is 11.9. The summed E-state index contributed by atoms with van der Waals surface area (Å²) in [6, 6.07) is 1.18. The zero-order valence-corrected chi connectivity index (χ0v) is 14.0. The predicted octanol–water partition coefficient (Wildman–Crippen LogP) is 2.92. The molecule has 0 saturated carbocycles. The number of hydrogen-bond acceptors (Lipinski definition) is 3. The topological polar surface area (TPSA) is 58.2 Å². The van der Waals surface area contributed by atoms with Crippen molar-refractivity contribution in [2.45, 2.75) is 26.3 Å². The van der Waals surface area contributed by atoms with Crippen LogP contribution >= 0.6 is 43.2 Å². The minimum atomic E-state index is -0.547. The monoisotopic (exact) mass is 396 g/mol. The van der Waals surface area contributed by atoms with Gasteiger partial charge in [0.2, 0.25) is 5.91 Å². The molecule has 0 aliphatic carbocycles. The van der Waals surface area contributed by atoms with Crippen LogP contribution in [0.4, 0.5) is 0 Å². The molecule has 1 unspecified atom stereocenters. The summed E-state index contributed by atoms with van der Waals surface area (Å²) in [5.74, 6) is -0.432. The largest absolute Gasteiger partial charge is 0.354 e. The van der Waals surface area contributed by atoms with Crippen molar-refractivity contribution in [2.75, 3.05) is 6.54 Å². The first-order valence-electron chi connectivity index (χ1n) is 5.49. The number of amides is 2. The fraction of sp³-hybridized carbons (Fsp3) is 0.455. The van der Waals surface area contributed by atoms with Crippen molar-refractivity contribution < 1.29 is 9.59 Å². The fourth-order valence-electron chi connectivity index (χ4n) is 1.24. The first-order valence-corrected chi connectivity index (χ1v) is 7.89. The highest BCUT2D eigenvalue weighted by Gasteiger charge is 2.19. The van der Waals surface area contributed by atoms with E-state index in [2.05, 4.69) is 42.5 Å². The second kappa shape index (κ2) is 7.25. The van der Waals surface area contributed by atoms with Gasteiger partial charge in [0.25, 0.3) is 5.91 Å². The Hall–Kier alpha value is -0.400. The van der Waals surface area contributed by atoms with Gasteiger partial charge < -0.3 is 10.6 Å². The Morgan fingerprint density at radius 3 is 2.61 bits per heavy atom. The number of nitrogens with one attached hydrogen (secondary N) is 2. The van der Waals surface area contributed by atoms with Gasteiger partial charge in [-0.15, -0.1) is 11.3 Å². The summed E-state index contributed by atoms with van der Waals surface area (Å²) < 4.78 is 1.61. The first kappa shape index (κ1) is 15.7. The van der Waals surface area contributed by atoms with Crippen LogP contribution in [0.3, 0.4) is 0 Å². The van der Waals surface area contributed by atoms with Gasteiger partial charge in [0.05, 0.1) is 13.1 Å². The number of hydrogen-bond donors (Lipinski definition) is 2. The van der Waals surface area contributed by atoms with Gasteiger partial charge in [-0.25, -0.2) is 0 Å². The molecular weight excluding hydrogens is 384 g/mol. The van der Waals surface area contributed by atoms with E-state index in [9.17, 15) is 9.59 Å². The average Bonchev–Trinajstić information content (AvgIpc) is 2.65. The number of thiophene rings is 1. The maximum absolute atomic E-state index is 11.9. The molecule has 0 radical (unpaired) electrons. The van der Waals surface area contributed by atoms with Gasteiger partial charge in [0.15, 0.2) is 0 Å².